The van der Waals surface area contributed by atoms with Crippen LogP contribution in [-0.2, 0) is 4.79 Å². The molecule has 1 atom stereocenters. The molecule has 1 heterocycles. The van der Waals surface area contributed by atoms with Crippen LogP contribution in [0.4, 0.5) is 0 Å². The minimum atomic E-state index is 0. The summed E-state index contributed by atoms with van der Waals surface area (Å²) in [5, 5.41) is 6.75. The number of guanidine groups is 1. The number of rotatable bonds is 5. The van der Waals surface area contributed by atoms with E-state index in [-0.39, 0.29) is 24.0 Å². The maximum Gasteiger partial charge on any atom is 0.225 e. The van der Waals surface area contributed by atoms with E-state index in [0.29, 0.717) is 17.9 Å². The summed E-state index contributed by atoms with van der Waals surface area (Å²) in [5.41, 5.74) is 0. The zero-order valence-electron chi connectivity index (χ0n) is 13.9. The second-order valence-electron chi connectivity index (χ2n) is 6.16. The Morgan fingerprint density at radius 1 is 1.23 bits per heavy atom. The summed E-state index contributed by atoms with van der Waals surface area (Å²) >= 11 is 0. The average molecular weight is 422 g/mol. The summed E-state index contributed by atoms with van der Waals surface area (Å²) in [6.07, 6.45) is 6.70. The van der Waals surface area contributed by atoms with Gasteiger partial charge in [-0.3, -0.25) is 9.79 Å². The molecular weight excluding hydrogens is 391 g/mol. The van der Waals surface area contributed by atoms with Gasteiger partial charge < -0.3 is 15.5 Å². The number of nitrogens with one attached hydrogen (secondary N) is 2. The van der Waals surface area contributed by atoms with Crippen molar-refractivity contribution in [2.24, 2.45) is 10.9 Å². The molecule has 5 nitrogen and oxygen atoms in total. The Morgan fingerprint density at radius 3 is 2.59 bits per heavy atom. The number of hydrogen-bond donors (Lipinski definition) is 2. The van der Waals surface area contributed by atoms with Gasteiger partial charge >= 0.3 is 0 Å². The first-order valence-electron chi connectivity index (χ1n) is 8.58. The molecule has 0 aromatic heterocycles. The lowest BCUT2D eigenvalue weighted by atomic mass is 10.1. The van der Waals surface area contributed by atoms with Crippen LogP contribution < -0.4 is 10.6 Å². The third kappa shape index (κ3) is 5.59. The standard InChI is InChI=1S/C16H30N4O.HI/c1-3-10-18-16(17-4-2)19-14-9-11-20(12-14)15(21)13-7-5-6-8-13;/h13-14H,3-12H2,1-2H3,(H2,17,18,19);1H. The van der Waals surface area contributed by atoms with Crippen molar-refractivity contribution in [1.29, 1.82) is 0 Å². The third-order valence-electron chi connectivity index (χ3n) is 4.38. The molecule has 1 saturated heterocycles. The highest BCUT2D eigenvalue weighted by molar-refractivity contribution is 14.0. The SMILES string of the molecule is CCCN=C(NCC)NC1CCN(C(=O)C2CCCC2)C1.I. The minimum Gasteiger partial charge on any atom is -0.357 e. The summed E-state index contributed by atoms with van der Waals surface area (Å²) in [5.74, 6) is 1.57. The van der Waals surface area contributed by atoms with Crippen LogP contribution in [0.1, 0.15) is 52.4 Å². The largest absolute Gasteiger partial charge is 0.357 e. The van der Waals surface area contributed by atoms with Crippen LogP contribution in [-0.4, -0.2) is 49.0 Å². The monoisotopic (exact) mass is 422 g/mol. The van der Waals surface area contributed by atoms with Gasteiger partial charge in [0.1, 0.15) is 0 Å². The first-order valence-corrected chi connectivity index (χ1v) is 8.58. The molecule has 1 saturated carbocycles. The van der Waals surface area contributed by atoms with Crippen molar-refractivity contribution in [3.63, 3.8) is 0 Å². The lowest BCUT2D eigenvalue weighted by Crippen LogP contribution is -2.45. The summed E-state index contributed by atoms with van der Waals surface area (Å²) in [7, 11) is 0. The molecule has 2 aliphatic rings. The van der Waals surface area contributed by atoms with Gasteiger partial charge in [-0.2, -0.15) is 0 Å². The number of aliphatic imine (C=N–C) groups is 1. The lowest BCUT2D eigenvalue weighted by Gasteiger charge is -2.21. The van der Waals surface area contributed by atoms with Crippen molar-refractivity contribution in [3.8, 4) is 0 Å². The maximum absolute atomic E-state index is 12.4. The van der Waals surface area contributed by atoms with Crippen LogP contribution in [0.3, 0.4) is 0 Å². The highest BCUT2D eigenvalue weighted by Crippen LogP contribution is 2.27. The average Bonchev–Trinajstić information content (AvgIpc) is 3.15. The van der Waals surface area contributed by atoms with Gasteiger partial charge in [-0.1, -0.05) is 19.8 Å². The van der Waals surface area contributed by atoms with Crippen molar-refractivity contribution in [1.82, 2.24) is 15.5 Å². The van der Waals surface area contributed by atoms with Crippen LogP contribution in [0.25, 0.3) is 0 Å². The molecular formula is C16H31IN4O. The fourth-order valence-corrected chi connectivity index (χ4v) is 3.25. The van der Waals surface area contributed by atoms with Crippen LogP contribution in [0.5, 0.6) is 0 Å². The number of carbonyl (C=O) groups is 1. The highest BCUT2D eigenvalue weighted by atomic mass is 127. The Hall–Kier alpha value is -0.530. The third-order valence-corrected chi connectivity index (χ3v) is 4.38. The van der Waals surface area contributed by atoms with E-state index in [1.807, 2.05) is 0 Å². The van der Waals surface area contributed by atoms with Crippen molar-refractivity contribution < 1.29 is 4.79 Å². The normalized spacial score (nSPS) is 22.5. The summed E-state index contributed by atoms with van der Waals surface area (Å²) in [6.45, 7) is 7.63. The summed E-state index contributed by atoms with van der Waals surface area (Å²) in [6, 6.07) is 0.338. The van der Waals surface area contributed by atoms with E-state index in [1.54, 1.807) is 0 Å². The van der Waals surface area contributed by atoms with Gasteiger partial charge in [-0.25, -0.2) is 0 Å². The van der Waals surface area contributed by atoms with Gasteiger partial charge in [-0.15, -0.1) is 24.0 Å². The van der Waals surface area contributed by atoms with Gasteiger partial charge in [-0.05, 0) is 32.6 Å². The van der Waals surface area contributed by atoms with Gasteiger partial charge in [0.15, 0.2) is 5.96 Å². The maximum atomic E-state index is 12.4. The molecule has 1 unspecified atom stereocenters. The van der Waals surface area contributed by atoms with Crippen molar-refractivity contribution in [3.05, 3.63) is 0 Å². The van der Waals surface area contributed by atoms with Crippen molar-refractivity contribution in [2.45, 2.75) is 58.4 Å². The van der Waals surface area contributed by atoms with Crippen molar-refractivity contribution in [2.75, 3.05) is 26.2 Å². The first kappa shape index (κ1) is 19.5. The fourth-order valence-electron chi connectivity index (χ4n) is 3.25. The zero-order chi connectivity index (χ0) is 15.1. The first-order chi connectivity index (χ1) is 10.2. The molecule has 22 heavy (non-hydrogen) atoms. The van der Waals surface area contributed by atoms with E-state index in [2.05, 4.69) is 34.4 Å². The van der Waals surface area contributed by atoms with Gasteiger partial charge in [0.2, 0.25) is 5.91 Å². The summed E-state index contributed by atoms with van der Waals surface area (Å²) < 4.78 is 0. The Bertz CT molecular complexity index is 369. The number of halogens is 1. The molecule has 0 spiro atoms. The molecule has 6 heteroatoms. The molecule has 2 N–H and O–H groups in total. The van der Waals surface area contributed by atoms with Gasteiger partial charge in [0.25, 0.3) is 0 Å². The van der Waals surface area contributed by atoms with Crippen LogP contribution in [0.15, 0.2) is 4.99 Å². The van der Waals surface area contributed by atoms with Crippen LogP contribution in [0, 0.1) is 5.92 Å². The molecule has 0 bridgehead atoms. The Labute approximate surface area is 151 Å². The smallest absolute Gasteiger partial charge is 0.225 e. The molecule has 1 aliphatic heterocycles. The van der Waals surface area contributed by atoms with E-state index in [4.69, 9.17) is 0 Å². The van der Waals surface area contributed by atoms with E-state index in [1.165, 1.54) is 12.8 Å². The van der Waals surface area contributed by atoms with Crippen molar-refractivity contribution >= 4 is 35.8 Å². The second-order valence-corrected chi connectivity index (χ2v) is 6.16. The van der Waals surface area contributed by atoms with E-state index >= 15 is 0 Å². The lowest BCUT2D eigenvalue weighted by molar-refractivity contribution is -0.134. The Balaban J connectivity index is 0.00000242. The quantitative estimate of drug-likeness (QED) is 0.407. The van der Waals surface area contributed by atoms with Gasteiger partial charge in [0.05, 0.1) is 0 Å². The molecule has 0 radical (unpaired) electrons. The predicted molar refractivity (Wildman–Crippen MR) is 102 cm³/mol. The highest BCUT2D eigenvalue weighted by Gasteiger charge is 2.32. The molecule has 1 amide bonds. The van der Waals surface area contributed by atoms with Crippen LogP contribution in [0.2, 0.25) is 0 Å². The minimum absolute atomic E-state index is 0. The summed E-state index contributed by atoms with van der Waals surface area (Å²) in [4.78, 5) is 19.0. The van der Waals surface area contributed by atoms with E-state index in [9.17, 15) is 4.79 Å². The van der Waals surface area contributed by atoms with Gasteiger partial charge in [0, 0.05) is 38.1 Å². The van der Waals surface area contributed by atoms with Crippen LogP contribution >= 0.6 is 24.0 Å². The number of amides is 1. The fraction of sp³-hybridized carbons (Fsp3) is 0.875. The molecule has 0 aromatic carbocycles. The predicted octanol–water partition coefficient (Wildman–Crippen LogP) is 2.36. The number of carbonyl (C=O) groups excluding carboxylic acids is 1. The Kier molecular flexibility index (Phi) is 9.12. The number of likely N-dealkylation sites (tertiary alicyclic amines) is 1. The Morgan fingerprint density at radius 2 is 1.95 bits per heavy atom. The molecule has 128 valence electrons. The zero-order valence-corrected chi connectivity index (χ0v) is 16.3. The number of nitrogens with zero attached hydrogens (tertiary/aromatic N) is 2. The molecule has 0 aromatic rings. The molecule has 1 aliphatic carbocycles. The topological polar surface area (TPSA) is 56.7 Å². The molecule has 2 rings (SSSR count). The number of hydrogen-bond acceptors (Lipinski definition) is 2. The van der Waals surface area contributed by atoms with E-state index in [0.717, 1.165) is 57.8 Å². The van der Waals surface area contributed by atoms with E-state index < -0.39 is 0 Å². The second kappa shape index (κ2) is 10.3. The molecule has 2 fully saturated rings.